The van der Waals surface area contributed by atoms with Gasteiger partial charge in [0.2, 0.25) is 0 Å². The number of benzene rings is 1. The standard InChI is InChI=1S/C15H15NO3/c1-15(2,18)6-5-10-3-4-14-12(7-10)13(17)8-11(9-16)19-14/h3-4,7-8,18H,9,16H2,1-2H3. The summed E-state index contributed by atoms with van der Waals surface area (Å²) in [6.07, 6.45) is 0. The summed E-state index contributed by atoms with van der Waals surface area (Å²) < 4.78 is 5.47. The van der Waals surface area contributed by atoms with Gasteiger partial charge in [0.05, 0.1) is 11.9 Å². The van der Waals surface area contributed by atoms with Gasteiger partial charge in [-0.3, -0.25) is 4.79 Å². The molecule has 0 atom stereocenters. The van der Waals surface area contributed by atoms with Crippen LogP contribution in [0.25, 0.3) is 11.0 Å². The third kappa shape index (κ3) is 3.22. The molecule has 0 unspecified atom stereocenters. The monoisotopic (exact) mass is 257 g/mol. The van der Waals surface area contributed by atoms with Gasteiger partial charge in [0, 0.05) is 11.6 Å². The van der Waals surface area contributed by atoms with Crippen molar-refractivity contribution in [3.63, 3.8) is 0 Å². The van der Waals surface area contributed by atoms with Gasteiger partial charge in [-0.05, 0) is 32.0 Å². The van der Waals surface area contributed by atoms with Gasteiger partial charge in [-0.15, -0.1) is 0 Å². The molecule has 0 aliphatic heterocycles. The van der Waals surface area contributed by atoms with E-state index in [2.05, 4.69) is 11.8 Å². The molecule has 0 saturated carbocycles. The fourth-order valence-corrected chi connectivity index (χ4v) is 1.61. The molecule has 19 heavy (non-hydrogen) atoms. The minimum absolute atomic E-state index is 0.145. The Morgan fingerprint density at radius 2 is 2.11 bits per heavy atom. The molecule has 1 heterocycles. The SMILES string of the molecule is CC(C)(O)C#Cc1ccc2oc(CN)cc(=O)c2c1. The van der Waals surface area contributed by atoms with E-state index in [9.17, 15) is 9.90 Å². The normalized spacial score (nSPS) is 11.2. The predicted octanol–water partition coefficient (Wildman–Crippen LogP) is 1.37. The fraction of sp³-hybridized carbons (Fsp3) is 0.267. The zero-order chi connectivity index (χ0) is 14.0. The van der Waals surface area contributed by atoms with Gasteiger partial charge in [-0.1, -0.05) is 11.8 Å². The minimum Gasteiger partial charge on any atom is -0.459 e. The van der Waals surface area contributed by atoms with Gasteiger partial charge < -0.3 is 15.3 Å². The Labute approximate surface area is 110 Å². The first kappa shape index (κ1) is 13.3. The molecule has 0 aliphatic rings. The lowest BCUT2D eigenvalue weighted by Crippen LogP contribution is -2.14. The molecule has 1 aromatic heterocycles. The highest BCUT2D eigenvalue weighted by Gasteiger charge is 2.07. The van der Waals surface area contributed by atoms with Crippen LogP contribution in [-0.4, -0.2) is 10.7 Å². The summed E-state index contributed by atoms with van der Waals surface area (Å²) in [6, 6.07) is 6.46. The van der Waals surface area contributed by atoms with E-state index < -0.39 is 5.60 Å². The Morgan fingerprint density at radius 3 is 2.74 bits per heavy atom. The molecule has 1 aromatic carbocycles. The van der Waals surface area contributed by atoms with Crippen LogP contribution in [0.5, 0.6) is 0 Å². The number of aliphatic hydroxyl groups is 1. The van der Waals surface area contributed by atoms with Crippen LogP contribution in [-0.2, 0) is 6.54 Å². The molecule has 0 spiro atoms. The van der Waals surface area contributed by atoms with Crippen molar-refractivity contribution in [3.8, 4) is 11.8 Å². The van der Waals surface area contributed by atoms with Crippen molar-refractivity contribution in [2.45, 2.75) is 26.0 Å². The van der Waals surface area contributed by atoms with Gasteiger partial charge in [-0.2, -0.15) is 0 Å². The first-order valence-electron chi connectivity index (χ1n) is 5.91. The van der Waals surface area contributed by atoms with Crippen LogP contribution in [0.3, 0.4) is 0 Å². The van der Waals surface area contributed by atoms with Gasteiger partial charge in [0.1, 0.15) is 16.9 Å². The van der Waals surface area contributed by atoms with Crippen molar-refractivity contribution in [2.75, 3.05) is 0 Å². The van der Waals surface area contributed by atoms with Gasteiger partial charge in [0.25, 0.3) is 0 Å². The zero-order valence-electron chi connectivity index (χ0n) is 10.9. The lowest BCUT2D eigenvalue weighted by Gasteiger charge is -2.06. The van der Waals surface area contributed by atoms with Crippen LogP contribution in [0.2, 0.25) is 0 Å². The van der Waals surface area contributed by atoms with E-state index in [4.69, 9.17) is 10.2 Å². The number of fused-ring (bicyclic) bond motifs is 1. The summed E-state index contributed by atoms with van der Waals surface area (Å²) in [5, 5.41) is 10.0. The Bertz CT molecular complexity index is 727. The summed E-state index contributed by atoms with van der Waals surface area (Å²) >= 11 is 0. The molecule has 0 aliphatic carbocycles. The highest BCUT2D eigenvalue weighted by Crippen LogP contribution is 2.14. The van der Waals surface area contributed by atoms with E-state index in [0.29, 0.717) is 22.3 Å². The maximum Gasteiger partial charge on any atom is 0.193 e. The van der Waals surface area contributed by atoms with Gasteiger partial charge >= 0.3 is 0 Å². The average molecular weight is 257 g/mol. The number of nitrogens with two attached hydrogens (primary N) is 1. The highest BCUT2D eigenvalue weighted by molar-refractivity contribution is 5.78. The first-order chi connectivity index (χ1) is 8.89. The smallest absolute Gasteiger partial charge is 0.193 e. The van der Waals surface area contributed by atoms with Gasteiger partial charge in [-0.25, -0.2) is 0 Å². The third-order valence-electron chi connectivity index (χ3n) is 2.49. The Balaban J connectivity index is 2.55. The Kier molecular flexibility index (Phi) is 3.43. The molecule has 2 aromatic rings. The maximum absolute atomic E-state index is 11.9. The summed E-state index contributed by atoms with van der Waals surface area (Å²) in [7, 11) is 0. The van der Waals surface area contributed by atoms with E-state index in [-0.39, 0.29) is 12.0 Å². The molecule has 0 radical (unpaired) electrons. The molecular weight excluding hydrogens is 242 g/mol. The van der Waals surface area contributed by atoms with Crippen LogP contribution >= 0.6 is 0 Å². The van der Waals surface area contributed by atoms with Crippen molar-refractivity contribution >= 4 is 11.0 Å². The third-order valence-corrected chi connectivity index (χ3v) is 2.49. The lowest BCUT2D eigenvalue weighted by atomic mass is 10.1. The van der Waals surface area contributed by atoms with Crippen molar-refractivity contribution in [1.29, 1.82) is 0 Å². The van der Waals surface area contributed by atoms with Crippen molar-refractivity contribution < 1.29 is 9.52 Å². The van der Waals surface area contributed by atoms with Crippen molar-refractivity contribution in [3.05, 3.63) is 45.8 Å². The van der Waals surface area contributed by atoms with E-state index in [1.54, 1.807) is 32.0 Å². The average Bonchev–Trinajstić information content (AvgIpc) is 2.35. The maximum atomic E-state index is 11.9. The second-order valence-electron chi connectivity index (χ2n) is 4.80. The van der Waals surface area contributed by atoms with Crippen molar-refractivity contribution in [2.24, 2.45) is 5.73 Å². The summed E-state index contributed by atoms with van der Waals surface area (Å²) in [5.41, 5.74) is 5.38. The molecular formula is C15H15NO3. The van der Waals surface area contributed by atoms with Crippen LogP contribution < -0.4 is 11.2 Å². The number of rotatable bonds is 1. The summed E-state index contributed by atoms with van der Waals surface area (Å²) in [6.45, 7) is 3.39. The topological polar surface area (TPSA) is 76.5 Å². The van der Waals surface area contributed by atoms with E-state index in [1.165, 1.54) is 6.07 Å². The molecule has 0 fully saturated rings. The van der Waals surface area contributed by atoms with E-state index >= 15 is 0 Å². The Hall–Kier alpha value is -2.09. The van der Waals surface area contributed by atoms with Crippen LogP contribution in [0.15, 0.2) is 33.5 Å². The molecule has 0 saturated heterocycles. The van der Waals surface area contributed by atoms with E-state index in [1.807, 2.05) is 0 Å². The number of hydrogen-bond acceptors (Lipinski definition) is 4. The van der Waals surface area contributed by atoms with Crippen LogP contribution in [0.1, 0.15) is 25.2 Å². The summed E-state index contributed by atoms with van der Waals surface area (Å²) in [4.78, 5) is 11.9. The molecule has 4 nitrogen and oxygen atoms in total. The van der Waals surface area contributed by atoms with E-state index in [0.717, 1.165) is 0 Å². The van der Waals surface area contributed by atoms with Crippen LogP contribution in [0, 0.1) is 11.8 Å². The molecule has 0 bridgehead atoms. The molecule has 2 rings (SSSR count). The quantitative estimate of drug-likeness (QED) is 0.757. The second-order valence-corrected chi connectivity index (χ2v) is 4.80. The predicted molar refractivity (Wildman–Crippen MR) is 73.6 cm³/mol. The second kappa shape index (κ2) is 4.88. The fourth-order valence-electron chi connectivity index (χ4n) is 1.61. The van der Waals surface area contributed by atoms with Crippen LogP contribution in [0.4, 0.5) is 0 Å². The molecule has 3 N–H and O–H groups in total. The zero-order valence-corrected chi connectivity index (χ0v) is 10.9. The minimum atomic E-state index is -1.07. The molecule has 98 valence electrons. The lowest BCUT2D eigenvalue weighted by molar-refractivity contribution is 0.143. The summed E-state index contributed by atoms with van der Waals surface area (Å²) in [5.74, 6) is 5.98. The highest BCUT2D eigenvalue weighted by atomic mass is 16.3. The first-order valence-corrected chi connectivity index (χ1v) is 5.91. The van der Waals surface area contributed by atoms with Crippen molar-refractivity contribution in [1.82, 2.24) is 0 Å². The molecule has 4 heteroatoms. The largest absolute Gasteiger partial charge is 0.459 e. The number of hydrogen-bond donors (Lipinski definition) is 2. The molecule has 0 amide bonds. The van der Waals surface area contributed by atoms with Gasteiger partial charge in [0.15, 0.2) is 5.43 Å². The Morgan fingerprint density at radius 1 is 1.37 bits per heavy atom.